The number of amides is 3. The predicted molar refractivity (Wildman–Crippen MR) is 124 cm³/mol. The van der Waals surface area contributed by atoms with Crippen molar-refractivity contribution >= 4 is 23.4 Å². The highest BCUT2D eigenvalue weighted by molar-refractivity contribution is 6.10. The van der Waals surface area contributed by atoms with Gasteiger partial charge in [0.2, 0.25) is 11.8 Å². The molecule has 34 heavy (non-hydrogen) atoms. The smallest absolute Gasteiger partial charge is 0.260 e. The molecule has 0 unspecified atom stereocenters. The Labute approximate surface area is 197 Å². The van der Waals surface area contributed by atoms with E-state index in [1.807, 2.05) is 6.07 Å². The topological polar surface area (TPSA) is 76.2 Å². The molecule has 6 atom stereocenters. The zero-order valence-corrected chi connectivity index (χ0v) is 19.1. The Balaban J connectivity index is 1.37. The van der Waals surface area contributed by atoms with E-state index in [-0.39, 0.29) is 48.1 Å². The van der Waals surface area contributed by atoms with Crippen LogP contribution in [0.15, 0.2) is 60.7 Å². The van der Waals surface area contributed by atoms with Crippen molar-refractivity contribution in [2.45, 2.75) is 6.42 Å². The summed E-state index contributed by atoms with van der Waals surface area (Å²) in [5, 5.41) is 0. The molecule has 2 saturated carbocycles. The average Bonchev–Trinajstić information content (AvgIpc) is 3.67. The second-order valence-corrected chi connectivity index (χ2v) is 9.54. The summed E-state index contributed by atoms with van der Waals surface area (Å²) in [7, 11) is 3.07. The van der Waals surface area contributed by atoms with E-state index in [1.165, 1.54) is 24.0 Å². The summed E-state index contributed by atoms with van der Waals surface area (Å²) < 4.78 is 10.8. The fourth-order valence-electron chi connectivity index (χ4n) is 6.31. The van der Waals surface area contributed by atoms with Crippen molar-refractivity contribution in [2.24, 2.45) is 35.5 Å². The number of likely N-dealkylation sites (tertiary alicyclic amines) is 1. The van der Waals surface area contributed by atoms with E-state index in [9.17, 15) is 14.4 Å². The van der Waals surface area contributed by atoms with E-state index < -0.39 is 0 Å². The highest BCUT2D eigenvalue weighted by Crippen LogP contribution is 2.65. The fourth-order valence-corrected chi connectivity index (χ4v) is 6.31. The third-order valence-corrected chi connectivity index (χ3v) is 7.97. The van der Waals surface area contributed by atoms with E-state index in [0.29, 0.717) is 34.6 Å². The van der Waals surface area contributed by atoms with Crippen LogP contribution in [0.5, 0.6) is 11.5 Å². The Kier molecular flexibility index (Phi) is 4.76. The molecule has 1 heterocycles. The number of methoxy groups -OCH3 is 2. The van der Waals surface area contributed by atoms with Crippen LogP contribution in [0.3, 0.4) is 0 Å². The van der Waals surface area contributed by atoms with Gasteiger partial charge in [0.25, 0.3) is 5.91 Å². The molecule has 7 nitrogen and oxygen atoms in total. The molecule has 4 aliphatic carbocycles. The van der Waals surface area contributed by atoms with Crippen LogP contribution in [0, 0.1) is 35.5 Å². The average molecular weight is 459 g/mol. The minimum absolute atomic E-state index is 0.134. The number of rotatable bonds is 6. The lowest BCUT2D eigenvalue weighted by molar-refractivity contribution is -0.140. The fraction of sp³-hybridized carbons (Fsp3) is 0.370. The van der Waals surface area contributed by atoms with Gasteiger partial charge in [-0.2, -0.15) is 0 Å². The maximum atomic E-state index is 13.8. The Hall–Kier alpha value is -3.61. The van der Waals surface area contributed by atoms with Gasteiger partial charge in [0.15, 0.2) is 0 Å². The first-order valence-corrected chi connectivity index (χ1v) is 11.7. The third-order valence-electron chi connectivity index (χ3n) is 7.97. The zero-order chi connectivity index (χ0) is 23.6. The van der Waals surface area contributed by atoms with Gasteiger partial charge < -0.3 is 9.47 Å². The summed E-state index contributed by atoms with van der Waals surface area (Å²) in [6, 6.07) is 14.0. The van der Waals surface area contributed by atoms with Crippen molar-refractivity contribution < 1.29 is 23.9 Å². The normalized spacial score (nSPS) is 30.1. The molecule has 1 aliphatic heterocycles. The number of nitrogens with zero attached hydrogens (tertiary/aromatic N) is 2. The second-order valence-electron chi connectivity index (χ2n) is 9.54. The number of carbonyl (C=O) groups excluding carboxylic acids is 3. The van der Waals surface area contributed by atoms with Crippen molar-refractivity contribution in [3.8, 4) is 11.5 Å². The van der Waals surface area contributed by atoms with E-state index >= 15 is 0 Å². The highest BCUT2D eigenvalue weighted by Gasteiger charge is 2.67. The first-order chi connectivity index (χ1) is 16.5. The van der Waals surface area contributed by atoms with Crippen LogP contribution < -0.4 is 14.4 Å². The number of allylic oxidation sites excluding steroid dienone is 2. The molecule has 0 spiro atoms. The molecule has 7 rings (SSSR count). The summed E-state index contributed by atoms with van der Waals surface area (Å²) >= 11 is 0. The van der Waals surface area contributed by atoms with Crippen molar-refractivity contribution in [1.82, 2.24) is 4.90 Å². The number of hydrogen-bond acceptors (Lipinski definition) is 5. The Morgan fingerprint density at radius 2 is 1.62 bits per heavy atom. The quantitative estimate of drug-likeness (QED) is 0.490. The van der Waals surface area contributed by atoms with Crippen LogP contribution in [0.4, 0.5) is 5.69 Å². The molecule has 2 aromatic carbocycles. The molecule has 5 aliphatic rings. The van der Waals surface area contributed by atoms with Crippen LogP contribution in [-0.2, 0) is 9.59 Å². The second kappa shape index (κ2) is 7.72. The van der Waals surface area contributed by atoms with Gasteiger partial charge >= 0.3 is 0 Å². The van der Waals surface area contributed by atoms with Crippen LogP contribution >= 0.6 is 0 Å². The lowest BCUT2D eigenvalue weighted by Gasteiger charge is -2.37. The first-order valence-electron chi connectivity index (χ1n) is 11.7. The number of para-hydroxylation sites is 2. The maximum absolute atomic E-state index is 13.8. The van der Waals surface area contributed by atoms with Gasteiger partial charge in [-0.25, -0.2) is 0 Å². The molecule has 2 bridgehead atoms. The molecule has 0 N–H and O–H groups in total. The summed E-state index contributed by atoms with van der Waals surface area (Å²) in [6.45, 7) is -0.157. The van der Waals surface area contributed by atoms with Gasteiger partial charge in [0.1, 0.15) is 18.2 Å². The van der Waals surface area contributed by atoms with Gasteiger partial charge in [0, 0.05) is 5.56 Å². The molecule has 0 radical (unpaired) electrons. The van der Waals surface area contributed by atoms with Crippen molar-refractivity contribution in [3.05, 3.63) is 66.2 Å². The number of imide groups is 1. The minimum atomic E-state index is -0.345. The Morgan fingerprint density at radius 1 is 0.941 bits per heavy atom. The zero-order valence-electron chi connectivity index (χ0n) is 19.1. The minimum Gasteiger partial charge on any atom is -0.497 e. The molecule has 7 heteroatoms. The van der Waals surface area contributed by atoms with Crippen LogP contribution in [0.2, 0.25) is 0 Å². The molecular formula is C27H26N2O5. The number of benzene rings is 2. The summed E-state index contributed by atoms with van der Waals surface area (Å²) in [4.78, 5) is 43.6. The summed E-state index contributed by atoms with van der Waals surface area (Å²) in [5.41, 5.74) is 0.891. The SMILES string of the molecule is COc1cccc(C(=O)N(CN2C(=O)[C@@H]3[C@H]4C=C[C@@H]([C@@H]5C[C@H]45)[C@H]3C2=O)c2ccccc2OC)c1. The van der Waals surface area contributed by atoms with Gasteiger partial charge in [-0.3, -0.25) is 24.2 Å². The lowest BCUT2D eigenvalue weighted by Crippen LogP contribution is -2.45. The maximum Gasteiger partial charge on any atom is 0.260 e. The predicted octanol–water partition coefficient (Wildman–Crippen LogP) is 3.36. The number of hydrogen-bond donors (Lipinski definition) is 0. The van der Waals surface area contributed by atoms with Gasteiger partial charge in [-0.05, 0) is 60.4 Å². The third kappa shape index (κ3) is 2.99. The standard InChI is InChI=1S/C27H26N2O5/c1-33-16-7-5-6-15(12-16)25(30)28(21-8-3-4-9-22(21)34-2)14-29-26(31)23-17-10-11-18(20-13-19(17)20)24(23)27(29)32/h3-12,17-20,23-24H,13-14H2,1-2H3/t17-,18-,19-,20+,23+,24+/m0/s1. The van der Waals surface area contributed by atoms with Crippen LogP contribution in [0.25, 0.3) is 0 Å². The van der Waals surface area contributed by atoms with Crippen molar-refractivity contribution in [2.75, 3.05) is 25.8 Å². The molecular weight excluding hydrogens is 432 g/mol. The highest BCUT2D eigenvalue weighted by atomic mass is 16.5. The van der Waals surface area contributed by atoms with Gasteiger partial charge in [-0.15, -0.1) is 0 Å². The van der Waals surface area contributed by atoms with Crippen LogP contribution in [-0.4, -0.2) is 43.5 Å². The van der Waals surface area contributed by atoms with E-state index in [4.69, 9.17) is 9.47 Å². The molecule has 1 saturated heterocycles. The summed E-state index contributed by atoms with van der Waals surface area (Å²) in [6.07, 6.45) is 5.40. The van der Waals surface area contributed by atoms with Crippen LogP contribution in [0.1, 0.15) is 16.8 Å². The molecule has 174 valence electrons. The van der Waals surface area contributed by atoms with Crippen molar-refractivity contribution in [1.29, 1.82) is 0 Å². The first kappa shape index (κ1) is 21.0. The van der Waals surface area contributed by atoms with Gasteiger partial charge in [-0.1, -0.05) is 30.4 Å². The number of anilines is 1. The van der Waals surface area contributed by atoms with Crippen molar-refractivity contribution in [3.63, 3.8) is 0 Å². The van der Waals surface area contributed by atoms with E-state index in [0.717, 1.165) is 6.42 Å². The lowest BCUT2D eigenvalue weighted by atomic mass is 9.63. The largest absolute Gasteiger partial charge is 0.497 e. The van der Waals surface area contributed by atoms with E-state index in [2.05, 4.69) is 12.2 Å². The Morgan fingerprint density at radius 3 is 2.26 bits per heavy atom. The number of ether oxygens (including phenoxy) is 2. The molecule has 3 amide bonds. The monoisotopic (exact) mass is 458 g/mol. The summed E-state index contributed by atoms with van der Waals surface area (Å²) in [5.74, 6) is 1.05. The number of carbonyl (C=O) groups is 3. The molecule has 3 fully saturated rings. The Bertz CT molecular complexity index is 1190. The van der Waals surface area contributed by atoms with Gasteiger partial charge in [0.05, 0.1) is 31.7 Å². The molecule has 2 aromatic rings. The van der Waals surface area contributed by atoms with E-state index in [1.54, 1.807) is 42.5 Å². The molecule has 0 aromatic heterocycles.